The molecular weight excluding hydrogens is 401 g/mol. The summed E-state index contributed by atoms with van der Waals surface area (Å²) in [5.41, 5.74) is 2.69. The van der Waals surface area contributed by atoms with E-state index in [2.05, 4.69) is 20.9 Å². The Morgan fingerprint density at radius 3 is 2.39 bits per heavy atom. The van der Waals surface area contributed by atoms with Gasteiger partial charge < -0.3 is 10.6 Å². The standard InChI is InChI=1S/C19H17Cl2N5O2/c1-11-5-3-4-6-16(11)23-17(27)10-26-12(2)18(24-25-26)19(28)22-15-8-13(20)7-14(21)9-15/h3-9H,10H2,1-2H3,(H,22,28)(H,23,27). The smallest absolute Gasteiger partial charge is 0.278 e. The Morgan fingerprint density at radius 2 is 1.71 bits per heavy atom. The number of para-hydroxylation sites is 1. The van der Waals surface area contributed by atoms with Crippen LogP contribution in [0.25, 0.3) is 0 Å². The Morgan fingerprint density at radius 1 is 1.04 bits per heavy atom. The van der Waals surface area contributed by atoms with Crippen LogP contribution in [0.4, 0.5) is 11.4 Å². The van der Waals surface area contributed by atoms with E-state index in [1.807, 2.05) is 31.2 Å². The molecule has 3 rings (SSSR count). The van der Waals surface area contributed by atoms with Crippen LogP contribution in [-0.4, -0.2) is 26.8 Å². The van der Waals surface area contributed by atoms with Crippen molar-refractivity contribution in [3.63, 3.8) is 0 Å². The summed E-state index contributed by atoms with van der Waals surface area (Å²) in [6, 6.07) is 12.2. The van der Waals surface area contributed by atoms with Crippen LogP contribution in [0.5, 0.6) is 0 Å². The van der Waals surface area contributed by atoms with Crippen LogP contribution in [0, 0.1) is 13.8 Å². The molecule has 0 unspecified atom stereocenters. The molecule has 1 aromatic heterocycles. The van der Waals surface area contributed by atoms with E-state index in [0.29, 0.717) is 21.4 Å². The monoisotopic (exact) mass is 417 g/mol. The van der Waals surface area contributed by atoms with Crippen molar-refractivity contribution >= 4 is 46.4 Å². The Kier molecular flexibility index (Phi) is 5.96. The highest BCUT2D eigenvalue weighted by molar-refractivity contribution is 6.35. The molecule has 1 heterocycles. The molecule has 28 heavy (non-hydrogen) atoms. The molecule has 0 aliphatic heterocycles. The maximum absolute atomic E-state index is 12.5. The van der Waals surface area contributed by atoms with Crippen LogP contribution >= 0.6 is 23.2 Å². The fourth-order valence-electron chi connectivity index (χ4n) is 2.58. The number of nitrogens with zero attached hydrogens (tertiary/aromatic N) is 3. The van der Waals surface area contributed by atoms with Gasteiger partial charge in [0.1, 0.15) is 6.54 Å². The second kappa shape index (κ2) is 8.41. The van der Waals surface area contributed by atoms with Crippen LogP contribution in [0.15, 0.2) is 42.5 Å². The van der Waals surface area contributed by atoms with E-state index in [1.165, 1.54) is 4.68 Å². The summed E-state index contributed by atoms with van der Waals surface area (Å²) in [7, 11) is 0. The van der Waals surface area contributed by atoms with Crippen LogP contribution in [0.1, 0.15) is 21.7 Å². The second-order valence-corrected chi connectivity index (χ2v) is 7.03. The van der Waals surface area contributed by atoms with E-state index in [1.54, 1.807) is 25.1 Å². The van der Waals surface area contributed by atoms with Crippen LogP contribution in [0.2, 0.25) is 10.0 Å². The molecule has 0 saturated carbocycles. The molecule has 7 nitrogen and oxygen atoms in total. The summed E-state index contributed by atoms with van der Waals surface area (Å²) < 4.78 is 1.37. The SMILES string of the molecule is Cc1ccccc1NC(=O)Cn1nnc(C(=O)Nc2cc(Cl)cc(Cl)c2)c1C. The quantitative estimate of drug-likeness (QED) is 0.653. The Balaban J connectivity index is 1.70. The third kappa shape index (κ3) is 4.68. The molecule has 2 N–H and O–H groups in total. The Hall–Kier alpha value is -2.90. The van der Waals surface area contributed by atoms with Gasteiger partial charge in [0, 0.05) is 21.4 Å². The normalized spacial score (nSPS) is 10.6. The predicted octanol–water partition coefficient (Wildman–Crippen LogP) is 4.09. The van der Waals surface area contributed by atoms with Gasteiger partial charge in [-0.05, 0) is 43.7 Å². The van der Waals surface area contributed by atoms with E-state index in [9.17, 15) is 9.59 Å². The van der Waals surface area contributed by atoms with Crippen molar-refractivity contribution in [1.29, 1.82) is 0 Å². The molecule has 0 fully saturated rings. The van der Waals surface area contributed by atoms with Crippen molar-refractivity contribution in [2.45, 2.75) is 20.4 Å². The lowest BCUT2D eigenvalue weighted by atomic mass is 10.2. The average molecular weight is 418 g/mol. The molecule has 3 aromatic rings. The number of aromatic nitrogens is 3. The molecule has 0 aliphatic carbocycles. The molecule has 0 saturated heterocycles. The minimum atomic E-state index is -0.471. The van der Waals surface area contributed by atoms with Crippen molar-refractivity contribution in [2.75, 3.05) is 10.6 Å². The van der Waals surface area contributed by atoms with Gasteiger partial charge in [-0.2, -0.15) is 0 Å². The number of nitrogens with one attached hydrogen (secondary N) is 2. The average Bonchev–Trinajstić information content (AvgIpc) is 2.96. The first-order chi connectivity index (χ1) is 13.3. The van der Waals surface area contributed by atoms with Crippen LogP contribution in [-0.2, 0) is 11.3 Å². The Labute approximate surface area is 171 Å². The number of benzene rings is 2. The predicted molar refractivity (Wildman–Crippen MR) is 109 cm³/mol. The van der Waals surface area contributed by atoms with Crippen molar-refractivity contribution in [3.05, 3.63) is 69.5 Å². The molecule has 144 valence electrons. The summed E-state index contributed by atoms with van der Waals surface area (Å²) in [6.07, 6.45) is 0. The van der Waals surface area contributed by atoms with E-state index in [4.69, 9.17) is 23.2 Å². The number of aryl methyl sites for hydroxylation is 1. The summed E-state index contributed by atoms with van der Waals surface area (Å²) in [6.45, 7) is 3.51. The molecule has 0 bridgehead atoms. The topological polar surface area (TPSA) is 88.9 Å². The van der Waals surface area contributed by atoms with Gasteiger partial charge in [-0.15, -0.1) is 5.10 Å². The first-order valence-electron chi connectivity index (χ1n) is 8.36. The van der Waals surface area contributed by atoms with Crippen LogP contribution < -0.4 is 10.6 Å². The van der Waals surface area contributed by atoms with Crippen LogP contribution in [0.3, 0.4) is 0 Å². The Bertz CT molecular complexity index is 1030. The zero-order valence-electron chi connectivity index (χ0n) is 15.2. The van der Waals surface area contributed by atoms with Crippen molar-refractivity contribution in [3.8, 4) is 0 Å². The van der Waals surface area contributed by atoms with Crippen molar-refractivity contribution in [1.82, 2.24) is 15.0 Å². The number of carbonyl (C=O) groups is 2. The van der Waals surface area contributed by atoms with Gasteiger partial charge in [-0.25, -0.2) is 4.68 Å². The summed E-state index contributed by atoms with van der Waals surface area (Å²) in [5.74, 6) is -0.739. The molecule has 9 heteroatoms. The first kappa shape index (κ1) is 19.9. The van der Waals surface area contributed by atoms with E-state index in [0.717, 1.165) is 11.3 Å². The maximum atomic E-state index is 12.5. The fourth-order valence-corrected chi connectivity index (χ4v) is 3.10. The molecule has 0 atom stereocenters. The zero-order valence-corrected chi connectivity index (χ0v) is 16.7. The lowest BCUT2D eigenvalue weighted by molar-refractivity contribution is -0.117. The third-order valence-electron chi connectivity index (χ3n) is 4.03. The second-order valence-electron chi connectivity index (χ2n) is 6.16. The lowest BCUT2D eigenvalue weighted by Gasteiger charge is -2.09. The van der Waals surface area contributed by atoms with Gasteiger partial charge in [0.15, 0.2) is 5.69 Å². The minimum absolute atomic E-state index is 0.0660. The number of anilines is 2. The summed E-state index contributed by atoms with van der Waals surface area (Å²) >= 11 is 11.9. The number of rotatable bonds is 5. The molecular formula is C19H17Cl2N5O2. The van der Waals surface area contributed by atoms with Gasteiger partial charge in [0.2, 0.25) is 5.91 Å². The maximum Gasteiger partial charge on any atom is 0.278 e. The van der Waals surface area contributed by atoms with Crippen molar-refractivity contribution in [2.24, 2.45) is 0 Å². The van der Waals surface area contributed by atoms with Gasteiger partial charge in [-0.1, -0.05) is 46.6 Å². The lowest BCUT2D eigenvalue weighted by Crippen LogP contribution is -2.21. The highest BCUT2D eigenvalue weighted by Gasteiger charge is 2.18. The number of halogens is 2. The largest absolute Gasteiger partial charge is 0.324 e. The van der Waals surface area contributed by atoms with E-state index in [-0.39, 0.29) is 18.1 Å². The highest BCUT2D eigenvalue weighted by atomic mass is 35.5. The van der Waals surface area contributed by atoms with Gasteiger partial charge >= 0.3 is 0 Å². The number of hydrogen-bond donors (Lipinski definition) is 2. The molecule has 0 spiro atoms. The molecule has 2 amide bonds. The molecule has 0 radical (unpaired) electrons. The zero-order chi connectivity index (χ0) is 20.3. The highest BCUT2D eigenvalue weighted by Crippen LogP contribution is 2.23. The molecule has 2 aromatic carbocycles. The van der Waals surface area contributed by atoms with Gasteiger partial charge in [-0.3, -0.25) is 9.59 Å². The van der Waals surface area contributed by atoms with E-state index >= 15 is 0 Å². The van der Waals surface area contributed by atoms with Crippen molar-refractivity contribution < 1.29 is 9.59 Å². The fraction of sp³-hybridized carbons (Fsp3) is 0.158. The first-order valence-corrected chi connectivity index (χ1v) is 9.12. The van der Waals surface area contributed by atoms with E-state index < -0.39 is 5.91 Å². The van der Waals surface area contributed by atoms with Gasteiger partial charge in [0.25, 0.3) is 5.91 Å². The minimum Gasteiger partial charge on any atom is -0.324 e. The number of hydrogen-bond acceptors (Lipinski definition) is 4. The third-order valence-corrected chi connectivity index (χ3v) is 4.47. The molecule has 0 aliphatic rings. The number of carbonyl (C=O) groups excluding carboxylic acids is 2. The summed E-state index contributed by atoms with van der Waals surface area (Å²) in [5, 5.41) is 14.1. The summed E-state index contributed by atoms with van der Waals surface area (Å²) in [4.78, 5) is 24.8. The van der Waals surface area contributed by atoms with Gasteiger partial charge in [0.05, 0.1) is 5.69 Å². The number of amides is 2.